The lowest BCUT2D eigenvalue weighted by Gasteiger charge is -2.36. The molecule has 0 radical (unpaired) electrons. The largest absolute Gasteiger partial charge is 0.452 e. The van der Waals surface area contributed by atoms with Gasteiger partial charge in [0.05, 0.1) is 21.3 Å². The molecule has 0 saturated carbocycles. The van der Waals surface area contributed by atoms with Crippen LogP contribution in [0.15, 0.2) is 48.0 Å². The smallest absolute Gasteiger partial charge is 0.338 e. The normalized spacial score (nSPS) is 14.3. The summed E-state index contributed by atoms with van der Waals surface area (Å²) in [6.45, 7) is 2.33. The van der Waals surface area contributed by atoms with Crippen molar-refractivity contribution in [3.8, 4) is 0 Å². The number of amides is 1. The van der Waals surface area contributed by atoms with Gasteiger partial charge in [0.25, 0.3) is 5.91 Å². The van der Waals surface area contributed by atoms with Crippen LogP contribution in [0.1, 0.15) is 10.4 Å². The maximum atomic E-state index is 12.4. The summed E-state index contributed by atoms with van der Waals surface area (Å²) >= 11 is 7.51. The van der Waals surface area contributed by atoms with Crippen molar-refractivity contribution >= 4 is 50.7 Å². The molecular formula is C20H18ClN3O3S. The van der Waals surface area contributed by atoms with Gasteiger partial charge in [0.1, 0.15) is 0 Å². The van der Waals surface area contributed by atoms with E-state index in [0.717, 1.165) is 15.9 Å². The summed E-state index contributed by atoms with van der Waals surface area (Å²) in [6.07, 6.45) is 0. The fourth-order valence-corrected chi connectivity index (χ4v) is 4.07. The molecule has 28 heavy (non-hydrogen) atoms. The number of fused-ring (bicyclic) bond motifs is 1. The zero-order chi connectivity index (χ0) is 19.5. The van der Waals surface area contributed by atoms with Crippen molar-refractivity contribution in [3.05, 3.63) is 58.6 Å². The van der Waals surface area contributed by atoms with Crippen LogP contribution in [0.25, 0.3) is 10.2 Å². The number of rotatable bonds is 4. The Bertz CT molecular complexity index is 1010. The van der Waals surface area contributed by atoms with Gasteiger partial charge in [-0.25, -0.2) is 9.78 Å². The van der Waals surface area contributed by atoms with Crippen LogP contribution in [0, 0.1) is 0 Å². The first kappa shape index (κ1) is 18.7. The second-order valence-electron chi connectivity index (χ2n) is 6.46. The highest BCUT2D eigenvalue weighted by Gasteiger charge is 2.22. The van der Waals surface area contributed by atoms with Gasteiger partial charge in [-0.3, -0.25) is 4.79 Å². The number of anilines is 1. The van der Waals surface area contributed by atoms with Gasteiger partial charge in [0, 0.05) is 36.9 Å². The van der Waals surface area contributed by atoms with Crippen LogP contribution in [0.4, 0.5) is 5.69 Å². The van der Waals surface area contributed by atoms with E-state index in [0.29, 0.717) is 36.8 Å². The van der Waals surface area contributed by atoms with Crippen LogP contribution in [0.2, 0.25) is 5.02 Å². The van der Waals surface area contributed by atoms with Crippen molar-refractivity contribution in [3.63, 3.8) is 0 Å². The van der Waals surface area contributed by atoms with E-state index in [2.05, 4.69) is 9.88 Å². The number of nitrogens with zero attached hydrogens (tertiary/aromatic N) is 3. The highest BCUT2D eigenvalue weighted by Crippen LogP contribution is 2.21. The Morgan fingerprint density at radius 3 is 2.71 bits per heavy atom. The van der Waals surface area contributed by atoms with Crippen molar-refractivity contribution in [2.24, 2.45) is 0 Å². The fourth-order valence-electron chi connectivity index (χ4n) is 3.17. The molecular weight excluding hydrogens is 398 g/mol. The number of ether oxygens (including phenoxy) is 1. The molecule has 1 saturated heterocycles. The number of halogens is 1. The number of hydrogen-bond donors (Lipinski definition) is 0. The third kappa shape index (κ3) is 4.10. The molecule has 0 aliphatic carbocycles. The van der Waals surface area contributed by atoms with Gasteiger partial charge >= 0.3 is 5.97 Å². The monoisotopic (exact) mass is 415 g/mol. The number of benzene rings is 2. The average molecular weight is 416 g/mol. The van der Waals surface area contributed by atoms with Gasteiger partial charge in [-0.2, -0.15) is 0 Å². The lowest BCUT2D eigenvalue weighted by Crippen LogP contribution is -2.49. The average Bonchev–Trinajstić information content (AvgIpc) is 3.20. The molecule has 144 valence electrons. The van der Waals surface area contributed by atoms with Crippen molar-refractivity contribution in [1.29, 1.82) is 0 Å². The molecule has 0 N–H and O–H groups in total. The maximum Gasteiger partial charge on any atom is 0.338 e. The quantitative estimate of drug-likeness (QED) is 0.611. The molecule has 0 atom stereocenters. The number of aromatic nitrogens is 1. The van der Waals surface area contributed by atoms with Crippen molar-refractivity contribution in [2.45, 2.75) is 0 Å². The van der Waals surface area contributed by atoms with Crippen LogP contribution < -0.4 is 4.90 Å². The van der Waals surface area contributed by atoms with Crippen LogP contribution in [-0.2, 0) is 9.53 Å². The molecule has 2 heterocycles. The van der Waals surface area contributed by atoms with Crippen LogP contribution >= 0.6 is 22.9 Å². The number of hydrogen-bond acceptors (Lipinski definition) is 6. The third-order valence-electron chi connectivity index (χ3n) is 4.70. The molecule has 3 aromatic rings. The van der Waals surface area contributed by atoms with E-state index in [9.17, 15) is 9.59 Å². The van der Waals surface area contributed by atoms with E-state index in [-0.39, 0.29) is 12.5 Å². The van der Waals surface area contributed by atoms with Crippen molar-refractivity contribution in [2.75, 3.05) is 37.7 Å². The summed E-state index contributed by atoms with van der Waals surface area (Å²) in [4.78, 5) is 32.7. The second kappa shape index (κ2) is 8.16. The van der Waals surface area contributed by atoms with Crippen LogP contribution in [0.5, 0.6) is 0 Å². The first-order valence-electron chi connectivity index (χ1n) is 8.89. The number of carbonyl (C=O) groups is 2. The molecule has 1 amide bonds. The number of esters is 1. The van der Waals surface area contributed by atoms with Crippen molar-refractivity contribution < 1.29 is 14.3 Å². The van der Waals surface area contributed by atoms with E-state index in [1.165, 1.54) is 11.3 Å². The van der Waals surface area contributed by atoms with E-state index in [4.69, 9.17) is 16.3 Å². The molecule has 6 nitrogen and oxygen atoms in total. The topological polar surface area (TPSA) is 62.7 Å². The highest BCUT2D eigenvalue weighted by atomic mass is 35.5. The Hall–Kier alpha value is -2.64. The van der Waals surface area contributed by atoms with Crippen molar-refractivity contribution in [1.82, 2.24) is 9.88 Å². The van der Waals surface area contributed by atoms with E-state index >= 15 is 0 Å². The van der Waals surface area contributed by atoms with Gasteiger partial charge in [0.2, 0.25) is 0 Å². The number of piperazine rings is 1. The highest BCUT2D eigenvalue weighted by molar-refractivity contribution is 7.16. The standard InChI is InChI=1S/C20H18ClN3O3S/c21-15-2-1-3-16(11-15)23-6-8-24(9-7-23)19(25)12-27-20(26)14-4-5-17-18(10-14)28-13-22-17/h1-5,10-11,13H,6-9,12H2. The maximum absolute atomic E-state index is 12.4. The first-order valence-corrected chi connectivity index (χ1v) is 10.1. The predicted molar refractivity (Wildman–Crippen MR) is 110 cm³/mol. The third-order valence-corrected chi connectivity index (χ3v) is 5.73. The molecule has 8 heteroatoms. The Morgan fingerprint density at radius 1 is 1.11 bits per heavy atom. The zero-order valence-electron chi connectivity index (χ0n) is 15.0. The zero-order valence-corrected chi connectivity index (χ0v) is 16.6. The fraction of sp³-hybridized carbons (Fsp3) is 0.250. The molecule has 0 unspecified atom stereocenters. The summed E-state index contributed by atoms with van der Waals surface area (Å²) in [5.74, 6) is -0.681. The molecule has 1 fully saturated rings. The lowest BCUT2D eigenvalue weighted by molar-refractivity contribution is -0.134. The van der Waals surface area contributed by atoms with Crippen LogP contribution in [-0.4, -0.2) is 54.5 Å². The van der Waals surface area contributed by atoms with Gasteiger partial charge in [-0.1, -0.05) is 17.7 Å². The minimum absolute atomic E-state index is 0.182. The Balaban J connectivity index is 1.29. The van der Waals surface area contributed by atoms with E-state index in [1.807, 2.05) is 24.3 Å². The van der Waals surface area contributed by atoms with E-state index < -0.39 is 5.97 Å². The van der Waals surface area contributed by atoms with Gasteiger partial charge in [0.15, 0.2) is 6.61 Å². The minimum Gasteiger partial charge on any atom is -0.452 e. The summed E-state index contributed by atoms with van der Waals surface area (Å²) in [5, 5.41) is 0.694. The SMILES string of the molecule is O=C(OCC(=O)N1CCN(c2cccc(Cl)c2)CC1)c1ccc2ncsc2c1. The molecule has 1 aromatic heterocycles. The van der Waals surface area contributed by atoms with Gasteiger partial charge < -0.3 is 14.5 Å². The first-order chi connectivity index (χ1) is 13.6. The molecule has 1 aliphatic heterocycles. The van der Waals surface area contributed by atoms with Gasteiger partial charge in [-0.15, -0.1) is 11.3 Å². The predicted octanol–water partition coefficient (Wildman–Crippen LogP) is 3.46. The Morgan fingerprint density at radius 2 is 1.93 bits per heavy atom. The Labute approximate surface area is 171 Å². The van der Waals surface area contributed by atoms with E-state index in [1.54, 1.807) is 28.6 Å². The summed E-state index contributed by atoms with van der Waals surface area (Å²) in [5.41, 5.74) is 4.04. The Kier molecular flexibility index (Phi) is 5.45. The second-order valence-corrected chi connectivity index (χ2v) is 7.78. The van der Waals surface area contributed by atoms with Crippen LogP contribution in [0.3, 0.4) is 0 Å². The summed E-state index contributed by atoms with van der Waals surface area (Å²) in [6, 6.07) is 12.9. The molecule has 4 rings (SSSR count). The minimum atomic E-state index is -0.499. The molecule has 2 aromatic carbocycles. The summed E-state index contributed by atoms with van der Waals surface area (Å²) in [7, 11) is 0. The molecule has 0 spiro atoms. The summed E-state index contributed by atoms with van der Waals surface area (Å²) < 4.78 is 6.13. The lowest BCUT2D eigenvalue weighted by atomic mass is 10.2. The number of thiazole rings is 1. The van der Waals surface area contributed by atoms with Gasteiger partial charge in [-0.05, 0) is 36.4 Å². The molecule has 1 aliphatic rings. The molecule has 0 bridgehead atoms. The number of carbonyl (C=O) groups excluding carboxylic acids is 2.